The average Bonchev–Trinajstić information content (AvgIpc) is 2.20. The van der Waals surface area contributed by atoms with Crippen LogP contribution in [0.1, 0.15) is 0 Å². The Morgan fingerprint density at radius 1 is 1.50 bits per heavy atom. The highest BCUT2D eigenvalue weighted by atomic mass is 16.2. The number of carbonyl (C=O) groups excluding carboxylic acids is 1. The second-order valence-corrected chi connectivity index (χ2v) is 2.85. The van der Waals surface area contributed by atoms with Crippen molar-refractivity contribution in [3.05, 3.63) is 18.3 Å². The van der Waals surface area contributed by atoms with Crippen molar-refractivity contribution in [2.45, 2.75) is 0 Å². The number of rotatable bonds is 1. The van der Waals surface area contributed by atoms with E-state index in [1.807, 2.05) is 0 Å². The van der Waals surface area contributed by atoms with Gasteiger partial charge in [-0.2, -0.15) is 0 Å². The third-order valence-electron chi connectivity index (χ3n) is 1.90. The molecule has 1 aliphatic heterocycles. The minimum atomic E-state index is -0.140. The van der Waals surface area contributed by atoms with Crippen molar-refractivity contribution in [3.63, 3.8) is 0 Å². The zero-order chi connectivity index (χ0) is 9.97. The predicted octanol–water partition coefficient (Wildman–Crippen LogP) is -0.781. The maximum atomic E-state index is 11.4. The molecule has 5 nitrogen and oxygen atoms in total. The van der Waals surface area contributed by atoms with Crippen molar-refractivity contribution < 1.29 is 4.79 Å². The molecule has 0 saturated carbocycles. The van der Waals surface area contributed by atoms with Crippen molar-refractivity contribution in [2.75, 3.05) is 17.2 Å². The molecule has 0 saturated heterocycles. The van der Waals surface area contributed by atoms with Crippen LogP contribution in [0.2, 0.25) is 0 Å². The van der Waals surface area contributed by atoms with Gasteiger partial charge < -0.3 is 5.73 Å². The van der Waals surface area contributed by atoms with Crippen LogP contribution in [0.4, 0.5) is 11.5 Å². The molecular formula is C9H9N4O+. The molecule has 0 spiro atoms. The normalized spacial score (nSPS) is 14.9. The number of anilines is 2. The van der Waals surface area contributed by atoms with Crippen LogP contribution in [0.5, 0.6) is 0 Å². The first kappa shape index (κ1) is 8.47. The molecule has 0 fully saturated rings. The van der Waals surface area contributed by atoms with E-state index in [0.29, 0.717) is 12.4 Å². The van der Waals surface area contributed by atoms with Crippen LogP contribution in [-0.4, -0.2) is 29.9 Å². The van der Waals surface area contributed by atoms with Crippen LogP contribution in [-0.2, 0) is 4.79 Å². The van der Waals surface area contributed by atoms with Crippen molar-refractivity contribution in [1.82, 2.24) is 9.65 Å². The Morgan fingerprint density at radius 2 is 2.36 bits per heavy atom. The summed E-state index contributed by atoms with van der Waals surface area (Å²) in [6.07, 6.45) is 4.51. The maximum absolute atomic E-state index is 11.4. The standard InChI is InChI=1S/C9H8N4O/c10-8-2-1-7(5-12-8)13-4-3-11-6-9(13)14/h1-3,5-6,10H,4H2/p+1. The second kappa shape index (κ2) is 3.32. The van der Waals surface area contributed by atoms with Crippen LogP contribution >= 0.6 is 0 Å². The van der Waals surface area contributed by atoms with Gasteiger partial charge in [0, 0.05) is 0 Å². The van der Waals surface area contributed by atoms with E-state index in [1.54, 1.807) is 29.4 Å². The molecule has 0 unspecified atom stereocenters. The number of pyridine rings is 1. The van der Waals surface area contributed by atoms with E-state index in [0.717, 1.165) is 5.69 Å². The minimum absolute atomic E-state index is 0.140. The summed E-state index contributed by atoms with van der Waals surface area (Å²) in [6, 6.07) is 3.42. The molecule has 2 heterocycles. The van der Waals surface area contributed by atoms with Crippen molar-refractivity contribution in [1.29, 1.82) is 0 Å². The predicted molar refractivity (Wildman–Crippen MR) is 55.3 cm³/mol. The van der Waals surface area contributed by atoms with Crippen molar-refractivity contribution in [3.8, 4) is 0 Å². The van der Waals surface area contributed by atoms with Gasteiger partial charge in [0.1, 0.15) is 12.4 Å². The number of nitrogens with two attached hydrogens (primary N) is 1. The molecule has 0 aromatic carbocycles. The van der Waals surface area contributed by atoms with Gasteiger partial charge in [0.15, 0.2) is 0 Å². The Balaban J connectivity index is 2.28. The summed E-state index contributed by atoms with van der Waals surface area (Å²) in [5, 5.41) is 0. The second-order valence-electron chi connectivity index (χ2n) is 2.85. The summed E-state index contributed by atoms with van der Waals surface area (Å²) in [5.41, 5.74) is 6.17. The Bertz CT molecular complexity index is 417. The molecule has 1 amide bonds. The minimum Gasteiger partial charge on any atom is -0.384 e. The average molecular weight is 189 g/mol. The number of nitrogen functional groups attached to an aromatic ring is 1. The zero-order valence-electron chi connectivity index (χ0n) is 7.42. The maximum Gasteiger partial charge on any atom is 0.356 e. The summed E-state index contributed by atoms with van der Waals surface area (Å²) in [6.45, 7) is 0.473. The third-order valence-corrected chi connectivity index (χ3v) is 1.90. The van der Waals surface area contributed by atoms with Gasteiger partial charge in [-0.05, 0) is 12.1 Å². The summed E-state index contributed by atoms with van der Waals surface area (Å²) >= 11 is 0. The summed E-state index contributed by atoms with van der Waals surface area (Å²) in [7, 11) is 0. The molecule has 5 heteroatoms. The number of nitrogens with zero attached hydrogens (tertiary/aromatic N) is 3. The molecule has 1 aromatic rings. The highest BCUT2D eigenvalue weighted by molar-refractivity contribution is 6.34. The van der Waals surface area contributed by atoms with Gasteiger partial charge >= 0.3 is 12.1 Å². The number of carbonyl (C=O) groups is 1. The lowest BCUT2D eigenvalue weighted by atomic mass is 10.3. The van der Waals surface area contributed by atoms with Crippen molar-refractivity contribution in [2.24, 2.45) is 0 Å². The van der Waals surface area contributed by atoms with Gasteiger partial charge in [0.05, 0.1) is 11.9 Å². The van der Waals surface area contributed by atoms with Crippen LogP contribution in [0.25, 0.3) is 0 Å². The molecule has 70 valence electrons. The molecule has 2 N–H and O–H groups in total. The molecular weight excluding hydrogens is 180 g/mol. The summed E-state index contributed by atoms with van der Waals surface area (Å²) in [5.74, 6) is 0.301. The zero-order valence-corrected chi connectivity index (χ0v) is 7.42. The lowest BCUT2D eigenvalue weighted by molar-refractivity contribution is -0.112. The first-order valence-electron chi connectivity index (χ1n) is 4.15. The molecule has 0 atom stereocenters. The van der Waals surface area contributed by atoms with E-state index in [-0.39, 0.29) is 5.91 Å². The van der Waals surface area contributed by atoms with E-state index in [1.165, 1.54) is 6.21 Å². The number of amides is 1. The molecule has 0 bridgehead atoms. The van der Waals surface area contributed by atoms with Gasteiger partial charge in [0.25, 0.3) is 6.21 Å². The lowest BCUT2D eigenvalue weighted by Gasteiger charge is -2.15. The summed E-state index contributed by atoms with van der Waals surface area (Å²) in [4.78, 5) is 16.9. The molecule has 1 aromatic heterocycles. The van der Waals surface area contributed by atoms with Gasteiger partial charge in [-0.1, -0.05) is 4.67 Å². The highest BCUT2D eigenvalue weighted by Crippen LogP contribution is 2.13. The highest BCUT2D eigenvalue weighted by Gasteiger charge is 2.20. The molecule has 0 radical (unpaired) electrons. The van der Waals surface area contributed by atoms with E-state index in [9.17, 15) is 4.79 Å². The number of hydrogen-bond donors (Lipinski definition) is 1. The lowest BCUT2D eigenvalue weighted by Crippen LogP contribution is -2.37. The van der Waals surface area contributed by atoms with Crippen LogP contribution < -0.4 is 15.3 Å². The Hall–Kier alpha value is -2.13. The van der Waals surface area contributed by atoms with Crippen LogP contribution in [0.15, 0.2) is 18.3 Å². The molecule has 1 aliphatic rings. The van der Waals surface area contributed by atoms with E-state index in [4.69, 9.17) is 5.73 Å². The fraction of sp³-hybridized carbons (Fsp3) is 0.111. The topological polar surface area (TPSA) is 73.3 Å². The number of hydrogen-bond acceptors (Lipinski definition) is 3. The Kier molecular flexibility index (Phi) is 2.01. The van der Waals surface area contributed by atoms with Gasteiger partial charge in [0.2, 0.25) is 0 Å². The van der Waals surface area contributed by atoms with E-state index in [2.05, 4.69) is 9.65 Å². The molecule has 2 rings (SSSR count). The Morgan fingerprint density at radius 3 is 3.00 bits per heavy atom. The molecule has 0 aliphatic carbocycles. The van der Waals surface area contributed by atoms with Crippen LogP contribution in [0, 0.1) is 0 Å². The van der Waals surface area contributed by atoms with E-state index < -0.39 is 0 Å². The summed E-state index contributed by atoms with van der Waals surface area (Å²) < 4.78 is 3.77. The SMILES string of the molecule is Nc1ccc(N2CC=[N+]=CC2=O)cn1. The third kappa shape index (κ3) is 1.48. The first-order chi connectivity index (χ1) is 6.77. The fourth-order valence-corrected chi connectivity index (χ4v) is 1.19. The van der Waals surface area contributed by atoms with Crippen molar-refractivity contribution >= 4 is 29.8 Å². The van der Waals surface area contributed by atoms with Gasteiger partial charge in [-0.3, -0.25) is 9.69 Å². The van der Waals surface area contributed by atoms with Gasteiger partial charge in [-0.25, -0.2) is 4.98 Å². The molecule has 14 heavy (non-hydrogen) atoms. The van der Waals surface area contributed by atoms with Crippen LogP contribution in [0.3, 0.4) is 0 Å². The quantitative estimate of drug-likeness (QED) is 0.589. The largest absolute Gasteiger partial charge is 0.384 e. The van der Waals surface area contributed by atoms with Gasteiger partial charge in [-0.15, -0.1) is 0 Å². The monoisotopic (exact) mass is 189 g/mol. The Labute approximate surface area is 80.6 Å². The number of aromatic nitrogens is 1. The fourth-order valence-electron chi connectivity index (χ4n) is 1.19. The smallest absolute Gasteiger partial charge is 0.356 e. The first-order valence-corrected chi connectivity index (χ1v) is 4.15. The van der Waals surface area contributed by atoms with E-state index >= 15 is 0 Å².